The summed E-state index contributed by atoms with van der Waals surface area (Å²) in [6, 6.07) is 0. The second-order valence-corrected chi connectivity index (χ2v) is 4.15. The summed E-state index contributed by atoms with van der Waals surface area (Å²) in [5.41, 5.74) is 0.114. The van der Waals surface area contributed by atoms with E-state index in [-0.39, 0.29) is 11.3 Å². The molecule has 1 N–H and O–H groups in total. The van der Waals surface area contributed by atoms with Crippen LogP contribution in [0.25, 0.3) is 0 Å². The van der Waals surface area contributed by atoms with E-state index in [2.05, 4.69) is 26.1 Å². The molecule has 1 aliphatic rings. The minimum absolute atomic E-state index is 0.114. The molecule has 10 heavy (non-hydrogen) atoms. The Bertz CT molecular complexity index is 117. The average Bonchev–Trinajstić information content (AvgIpc) is 2.11. The third-order valence-electron chi connectivity index (χ3n) is 2.25. The lowest BCUT2D eigenvalue weighted by atomic mass is 9.79. The Hall–Kier alpha value is -0.110. The maximum Gasteiger partial charge on any atom is 0.117 e. The molecule has 0 radical (unpaired) electrons. The first-order valence-corrected chi connectivity index (χ1v) is 3.86. The van der Waals surface area contributed by atoms with E-state index >= 15 is 0 Å². The lowest BCUT2D eigenvalue weighted by Crippen LogP contribution is -2.28. The normalized spacial score (nSPS) is 34.8. The van der Waals surface area contributed by atoms with Crippen LogP contribution in [0.3, 0.4) is 0 Å². The zero-order valence-electron chi connectivity index (χ0n) is 6.95. The maximum absolute atomic E-state index is 13.0. The smallest absolute Gasteiger partial charge is 0.117 e. The molecule has 0 spiro atoms. The molecule has 1 saturated heterocycles. The van der Waals surface area contributed by atoms with Gasteiger partial charge in [-0.05, 0) is 5.41 Å². The molecule has 1 aliphatic heterocycles. The molecule has 0 aromatic carbocycles. The number of alkyl halides is 1. The minimum Gasteiger partial charge on any atom is -0.313 e. The minimum atomic E-state index is -0.639. The Morgan fingerprint density at radius 2 is 1.90 bits per heavy atom. The van der Waals surface area contributed by atoms with Gasteiger partial charge in [0.15, 0.2) is 0 Å². The van der Waals surface area contributed by atoms with Gasteiger partial charge >= 0.3 is 0 Å². The zero-order chi connectivity index (χ0) is 7.78. The molecule has 1 fully saturated rings. The second-order valence-electron chi connectivity index (χ2n) is 4.15. The summed E-state index contributed by atoms with van der Waals surface area (Å²) in [4.78, 5) is 0. The summed E-state index contributed by atoms with van der Waals surface area (Å²) in [5.74, 6) is 0.201. The highest BCUT2D eigenvalue weighted by molar-refractivity contribution is 4.88. The summed E-state index contributed by atoms with van der Waals surface area (Å²) >= 11 is 0. The third kappa shape index (κ3) is 1.48. The van der Waals surface area contributed by atoms with Crippen molar-refractivity contribution >= 4 is 0 Å². The van der Waals surface area contributed by atoms with Crippen molar-refractivity contribution in [3.8, 4) is 0 Å². The monoisotopic (exact) mass is 145 g/mol. The van der Waals surface area contributed by atoms with Crippen molar-refractivity contribution in [3.05, 3.63) is 0 Å². The Morgan fingerprint density at radius 3 is 2.10 bits per heavy atom. The number of rotatable bonds is 0. The van der Waals surface area contributed by atoms with Crippen LogP contribution >= 0.6 is 0 Å². The molecule has 0 aromatic rings. The van der Waals surface area contributed by atoms with Gasteiger partial charge < -0.3 is 5.32 Å². The molecule has 0 saturated carbocycles. The van der Waals surface area contributed by atoms with Crippen LogP contribution in [0.1, 0.15) is 20.8 Å². The van der Waals surface area contributed by atoms with Crippen LogP contribution in [-0.2, 0) is 0 Å². The van der Waals surface area contributed by atoms with Crippen LogP contribution in [-0.4, -0.2) is 19.3 Å². The lowest BCUT2D eigenvalue weighted by molar-refractivity contribution is 0.160. The molecule has 1 heterocycles. The van der Waals surface area contributed by atoms with Crippen LogP contribution in [0.2, 0.25) is 0 Å². The Morgan fingerprint density at radius 1 is 1.30 bits per heavy atom. The van der Waals surface area contributed by atoms with Gasteiger partial charge in [0.1, 0.15) is 6.17 Å². The predicted molar refractivity (Wildman–Crippen MR) is 40.7 cm³/mol. The SMILES string of the molecule is CC(C)(C)[C@@H]1CNC[C@H]1F. The standard InChI is InChI=1S/C8H16FN/c1-8(2,3)6-4-10-5-7(6)9/h6-7,10H,4-5H2,1-3H3/t6-,7-/m1/s1. The van der Waals surface area contributed by atoms with Gasteiger partial charge in [0.2, 0.25) is 0 Å². The van der Waals surface area contributed by atoms with Crippen LogP contribution in [0.4, 0.5) is 4.39 Å². The van der Waals surface area contributed by atoms with E-state index < -0.39 is 6.17 Å². The van der Waals surface area contributed by atoms with E-state index in [9.17, 15) is 4.39 Å². The van der Waals surface area contributed by atoms with Gasteiger partial charge in [0.05, 0.1) is 0 Å². The van der Waals surface area contributed by atoms with E-state index in [0.717, 1.165) is 6.54 Å². The molecule has 0 aliphatic carbocycles. The van der Waals surface area contributed by atoms with Crippen molar-refractivity contribution in [2.24, 2.45) is 11.3 Å². The van der Waals surface area contributed by atoms with Crippen molar-refractivity contribution in [3.63, 3.8) is 0 Å². The van der Waals surface area contributed by atoms with Gasteiger partial charge in [-0.3, -0.25) is 0 Å². The first-order valence-electron chi connectivity index (χ1n) is 3.86. The van der Waals surface area contributed by atoms with Gasteiger partial charge in [0, 0.05) is 19.0 Å². The quantitative estimate of drug-likeness (QED) is 0.546. The van der Waals surface area contributed by atoms with Crippen molar-refractivity contribution in [1.29, 1.82) is 0 Å². The lowest BCUT2D eigenvalue weighted by Gasteiger charge is -2.27. The van der Waals surface area contributed by atoms with E-state index in [1.165, 1.54) is 0 Å². The molecule has 0 amide bonds. The summed E-state index contributed by atoms with van der Waals surface area (Å²) in [6.45, 7) is 7.67. The van der Waals surface area contributed by atoms with Crippen LogP contribution < -0.4 is 5.32 Å². The molecule has 0 bridgehead atoms. The van der Waals surface area contributed by atoms with E-state index in [1.807, 2.05) is 0 Å². The zero-order valence-corrected chi connectivity index (χ0v) is 6.95. The first-order chi connectivity index (χ1) is 4.52. The fraction of sp³-hybridized carbons (Fsp3) is 1.00. The van der Waals surface area contributed by atoms with Gasteiger partial charge in [-0.2, -0.15) is 0 Å². The number of hydrogen-bond acceptors (Lipinski definition) is 1. The summed E-state index contributed by atoms with van der Waals surface area (Å²) < 4.78 is 13.0. The fourth-order valence-corrected chi connectivity index (χ4v) is 1.50. The van der Waals surface area contributed by atoms with Gasteiger partial charge in [-0.15, -0.1) is 0 Å². The van der Waals surface area contributed by atoms with E-state index in [4.69, 9.17) is 0 Å². The molecule has 0 aromatic heterocycles. The fourth-order valence-electron chi connectivity index (χ4n) is 1.50. The highest BCUT2D eigenvalue weighted by Gasteiger charge is 2.35. The van der Waals surface area contributed by atoms with Crippen LogP contribution in [0, 0.1) is 11.3 Å². The van der Waals surface area contributed by atoms with E-state index in [0.29, 0.717) is 6.54 Å². The molecule has 0 unspecified atom stereocenters. The maximum atomic E-state index is 13.0. The van der Waals surface area contributed by atoms with E-state index in [1.54, 1.807) is 0 Å². The largest absolute Gasteiger partial charge is 0.313 e. The highest BCUT2D eigenvalue weighted by Crippen LogP contribution is 2.31. The summed E-state index contributed by atoms with van der Waals surface area (Å²) in [6.07, 6.45) is -0.639. The second kappa shape index (κ2) is 2.50. The molecule has 1 rings (SSSR count). The molecule has 60 valence electrons. The number of halogens is 1. The topological polar surface area (TPSA) is 12.0 Å². The molecular formula is C8H16FN. The summed E-state index contributed by atoms with van der Waals surface area (Å²) in [7, 11) is 0. The Balaban J connectivity index is 2.55. The van der Waals surface area contributed by atoms with Gasteiger partial charge in [0.25, 0.3) is 0 Å². The van der Waals surface area contributed by atoms with Crippen LogP contribution in [0.15, 0.2) is 0 Å². The van der Waals surface area contributed by atoms with Gasteiger partial charge in [-0.25, -0.2) is 4.39 Å². The van der Waals surface area contributed by atoms with Gasteiger partial charge in [-0.1, -0.05) is 20.8 Å². The predicted octanol–water partition coefficient (Wildman–Crippen LogP) is 1.59. The third-order valence-corrected chi connectivity index (χ3v) is 2.25. The van der Waals surface area contributed by atoms with Crippen molar-refractivity contribution in [2.45, 2.75) is 26.9 Å². The molecule has 2 atom stereocenters. The van der Waals surface area contributed by atoms with Crippen LogP contribution in [0.5, 0.6) is 0 Å². The van der Waals surface area contributed by atoms with Crippen molar-refractivity contribution in [1.82, 2.24) is 5.32 Å². The number of hydrogen-bond donors (Lipinski definition) is 1. The first kappa shape index (κ1) is 7.99. The molecule has 1 nitrogen and oxygen atoms in total. The highest BCUT2D eigenvalue weighted by atomic mass is 19.1. The molecule has 2 heteroatoms. The van der Waals surface area contributed by atoms with Crippen molar-refractivity contribution in [2.75, 3.05) is 13.1 Å². The summed E-state index contributed by atoms with van der Waals surface area (Å²) in [5, 5.41) is 3.05. The average molecular weight is 145 g/mol. The molecular weight excluding hydrogens is 129 g/mol. The Kier molecular flexibility index (Phi) is 1.99. The Labute approximate surface area is 62.0 Å². The number of nitrogens with one attached hydrogen (secondary N) is 1. The van der Waals surface area contributed by atoms with Crippen molar-refractivity contribution < 1.29 is 4.39 Å².